The molecule has 0 amide bonds. The highest BCUT2D eigenvalue weighted by atomic mass is 32.1. The molecule has 4 heteroatoms. The maximum Gasteiger partial charge on any atom is 0.412 e. The summed E-state index contributed by atoms with van der Waals surface area (Å²) in [5.74, 6) is 0.942. The van der Waals surface area contributed by atoms with Crippen LogP contribution in [0.2, 0.25) is 0 Å². The molecule has 1 aromatic heterocycles. The molecular weight excluding hydrogens is 258 g/mol. The van der Waals surface area contributed by atoms with Gasteiger partial charge in [0.05, 0.1) is 5.38 Å². The molecule has 1 aromatic rings. The summed E-state index contributed by atoms with van der Waals surface area (Å²) < 4.78 is 2.10. The number of nitrogens with zero attached hydrogens (tertiary/aromatic N) is 1. The number of rotatable bonds is 3. The van der Waals surface area contributed by atoms with E-state index in [9.17, 15) is 9.90 Å². The van der Waals surface area contributed by atoms with Crippen LogP contribution in [0.15, 0.2) is 5.38 Å². The number of aryl methyl sites for hydroxylation is 1. The predicted octanol–water partition coefficient (Wildman–Crippen LogP) is 3.68. The third kappa shape index (κ3) is 2.69. The number of thiazole rings is 1. The summed E-state index contributed by atoms with van der Waals surface area (Å²) in [4.78, 5) is 11.5. The van der Waals surface area contributed by atoms with E-state index in [1.54, 1.807) is 0 Å². The number of carbonyl (C=O) groups is 1. The van der Waals surface area contributed by atoms with E-state index in [4.69, 9.17) is 0 Å². The van der Waals surface area contributed by atoms with Gasteiger partial charge in [-0.2, -0.15) is 4.57 Å². The molecule has 3 unspecified atom stereocenters. The first-order chi connectivity index (χ1) is 8.93. The Morgan fingerprint density at radius 2 is 2.16 bits per heavy atom. The highest BCUT2D eigenvalue weighted by Gasteiger charge is 2.43. The van der Waals surface area contributed by atoms with Crippen molar-refractivity contribution in [2.24, 2.45) is 17.8 Å². The molecule has 1 N–H and O–H groups in total. The Balaban J connectivity index is 2.47. The summed E-state index contributed by atoms with van der Waals surface area (Å²) in [5, 5.41) is 11.9. The molecule has 0 aromatic carbocycles. The molecule has 0 radical (unpaired) electrons. The molecule has 3 nitrogen and oxygen atoms in total. The molecule has 1 aliphatic rings. The molecule has 1 fully saturated rings. The summed E-state index contributed by atoms with van der Waals surface area (Å²) in [6, 6.07) is 0.339. The number of aromatic carboxylic acids is 1. The fourth-order valence-corrected chi connectivity index (χ4v) is 4.43. The minimum absolute atomic E-state index is 0.339. The SMILES string of the molecule is Cc1csc(C(=O)O)[n+]1C1C(C)CCCC1C(C)C. The third-order valence-corrected chi connectivity index (χ3v) is 5.55. The van der Waals surface area contributed by atoms with Gasteiger partial charge < -0.3 is 5.11 Å². The summed E-state index contributed by atoms with van der Waals surface area (Å²) in [6.07, 6.45) is 3.69. The Morgan fingerprint density at radius 1 is 1.47 bits per heavy atom. The maximum atomic E-state index is 11.5. The minimum Gasteiger partial charge on any atom is -0.473 e. The zero-order valence-corrected chi connectivity index (χ0v) is 13.0. The van der Waals surface area contributed by atoms with Crippen LogP contribution in [0.4, 0.5) is 0 Å². The van der Waals surface area contributed by atoms with Gasteiger partial charge in [-0.1, -0.05) is 38.5 Å². The van der Waals surface area contributed by atoms with Crippen LogP contribution in [0.25, 0.3) is 0 Å². The van der Waals surface area contributed by atoms with Gasteiger partial charge in [0.15, 0.2) is 11.7 Å². The standard InChI is InChI=1S/C15H23NO2S/c1-9(2)12-7-5-6-10(3)13(12)16-11(4)8-19-14(16)15(17)18/h8-10,12-13H,5-7H2,1-4H3/p+1. The van der Waals surface area contributed by atoms with Crippen LogP contribution in [0.5, 0.6) is 0 Å². The van der Waals surface area contributed by atoms with Gasteiger partial charge in [-0.05, 0) is 18.8 Å². The Kier molecular flexibility index (Phi) is 4.29. The predicted molar refractivity (Wildman–Crippen MR) is 76.6 cm³/mol. The molecule has 1 saturated carbocycles. The van der Waals surface area contributed by atoms with Crippen molar-refractivity contribution >= 4 is 17.3 Å². The molecule has 2 rings (SSSR count). The monoisotopic (exact) mass is 282 g/mol. The van der Waals surface area contributed by atoms with Crippen LogP contribution in [0.3, 0.4) is 0 Å². The lowest BCUT2D eigenvalue weighted by molar-refractivity contribution is -0.742. The van der Waals surface area contributed by atoms with Crippen molar-refractivity contribution in [1.82, 2.24) is 0 Å². The van der Waals surface area contributed by atoms with Gasteiger partial charge in [-0.25, -0.2) is 4.79 Å². The average Bonchev–Trinajstić information content (AvgIpc) is 2.70. The molecule has 1 heterocycles. The average molecular weight is 282 g/mol. The second-order valence-corrected chi connectivity index (χ2v) is 7.02. The lowest BCUT2D eigenvalue weighted by Gasteiger charge is -2.34. The van der Waals surface area contributed by atoms with E-state index in [0.29, 0.717) is 28.8 Å². The van der Waals surface area contributed by atoms with E-state index in [1.807, 2.05) is 12.3 Å². The van der Waals surface area contributed by atoms with Crippen LogP contribution in [0, 0.1) is 24.7 Å². The van der Waals surface area contributed by atoms with Crippen LogP contribution >= 0.6 is 11.3 Å². The highest BCUT2D eigenvalue weighted by Crippen LogP contribution is 2.40. The van der Waals surface area contributed by atoms with Gasteiger partial charge in [0, 0.05) is 18.8 Å². The molecular formula is C15H24NO2S+. The normalized spacial score (nSPS) is 27.7. The summed E-state index contributed by atoms with van der Waals surface area (Å²) in [5.41, 5.74) is 1.09. The van der Waals surface area contributed by atoms with Crippen LogP contribution in [-0.2, 0) is 0 Å². The van der Waals surface area contributed by atoms with Crippen molar-refractivity contribution in [1.29, 1.82) is 0 Å². The van der Waals surface area contributed by atoms with E-state index in [2.05, 4.69) is 25.3 Å². The minimum atomic E-state index is -0.793. The van der Waals surface area contributed by atoms with Crippen LogP contribution in [-0.4, -0.2) is 11.1 Å². The first kappa shape index (κ1) is 14.5. The highest BCUT2D eigenvalue weighted by molar-refractivity contribution is 7.11. The first-order valence-electron chi connectivity index (χ1n) is 7.16. The smallest absolute Gasteiger partial charge is 0.412 e. The summed E-state index contributed by atoms with van der Waals surface area (Å²) in [6.45, 7) is 8.83. The Morgan fingerprint density at radius 3 is 2.74 bits per heavy atom. The van der Waals surface area contributed by atoms with Crippen molar-refractivity contribution in [3.63, 3.8) is 0 Å². The first-order valence-corrected chi connectivity index (χ1v) is 8.04. The molecule has 1 aliphatic carbocycles. The van der Waals surface area contributed by atoms with Crippen molar-refractivity contribution in [2.75, 3.05) is 0 Å². The van der Waals surface area contributed by atoms with Crippen molar-refractivity contribution in [3.8, 4) is 0 Å². The zero-order valence-electron chi connectivity index (χ0n) is 12.2. The lowest BCUT2D eigenvalue weighted by Crippen LogP contribution is -2.53. The number of carboxylic acid groups (broad SMARTS) is 1. The summed E-state index contributed by atoms with van der Waals surface area (Å²) in [7, 11) is 0. The second-order valence-electron chi connectivity index (χ2n) is 6.16. The number of aromatic nitrogens is 1. The molecule has 19 heavy (non-hydrogen) atoms. The fourth-order valence-electron chi connectivity index (χ4n) is 3.55. The molecule has 0 saturated heterocycles. The molecule has 106 valence electrons. The van der Waals surface area contributed by atoms with E-state index >= 15 is 0 Å². The summed E-state index contributed by atoms with van der Waals surface area (Å²) >= 11 is 1.36. The van der Waals surface area contributed by atoms with E-state index in [1.165, 1.54) is 30.6 Å². The molecule has 0 spiro atoms. The molecule has 0 aliphatic heterocycles. The molecule has 3 atom stereocenters. The van der Waals surface area contributed by atoms with E-state index in [0.717, 1.165) is 5.69 Å². The number of hydrogen-bond acceptors (Lipinski definition) is 2. The Hall–Kier alpha value is -0.900. The number of carboxylic acids is 1. The van der Waals surface area contributed by atoms with Gasteiger partial charge in [-0.15, -0.1) is 0 Å². The molecule has 0 bridgehead atoms. The quantitative estimate of drug-likeness (QED) is 0.859. The van der Waals surface area contributed by atoms with Crippen molar-refractivity contribution in [3.05, 3.63) is 16.1 Å². The van der Waals surface area contributed by atoms with Gasteiger partial charge >= 0.3 is 11.0 Å². The van der Waals surface area contributed by atoms with Crippen LogP contribution < -0.4 is 4.57 Å². The Labute approximate surface area is 119 Å². The fraction of sp³-hybridized carbons (Fsp3) is 0.733. The van der Waals surface area contributed by atoms with Gasteiger partial charge in [0.1, 0.15) is 0 Å². The second kappa shape index (κ2) is 5.61. The Bertz CT molecular complexity index is 467. The van der Waals surface area contributed by atoms with Gasteiger partial charge in [0.25, 0.3) is 0 Å². The maximum absolute atomic E-state index is 11.5. The van der Waals surface area contributed by atoms with E-state index < -0.39 is 5.97 Å². The zero-order chi connectivity index (χ0) is 14.2. The number of hydrogen-bond donors (Lipinski definition) is 1. The third-order valence-electron chi connectivity index (χ3n) is 4.50. The van der Waals surface area contributed by atoms with Crippen LogP contribution in [0.1, 0.15) is 61.6 Å². The van der Waals surface area contributed by atoms with Crippen molar-refractivity contribution < 1.29 is 14.5 Å². The van der Waals surface area contributed by atoms with Gasteiger partial charge in [0.2, 0.25) is 0 Å². The van der Waals surface area contributed by atoms with E-state index in [-0.39, 0.29) is 0 Å². The van der Waals surface area contributed by atoms with Gasteiger partial charge in [-0.3, -0.25) is 0 Å². The van der Waals surface area contributed by atoms with Crippen molar-refractivity contribution in [2.45, 2.75) is 53.0 Å². The lowest BCUT2D eigenvalue weighted by atomic mass is 9.72. The largest absolute Gasteiger partial charge is 0.473 e. The topological polar surface area (TPSA) is 41.2 Å².